The largest absolute Gasteiger partial charge is 0.363 e. The van der Waals surface area contributed by atoms with E-state index in [1.54, 1.807) is 6.33 Å². The van der Waals surface area contributed by atoms with E-state index in [-0.39, 0.29) is 0 Å². The van der Waals surface area contributed by atoms with E-state index in [1.807, 2.05) is 32.1 Å². The summed E-state index contributed by atoms with van der Waals surface area (Å²) in [6.45, 7) is 2.11. The predicted octanol–water partition coefficient (Wildman–Crippen LogP) is 1.29. The van der Waals surface area contributed by atoms with Gasteiger partial charge < -0.3 is 14.8 Å². The number of nitrogens with one attached hydrogen (secondary N) is 1. The van der Waals surface area contributed by atoms with Crippen LogP contribution in [0.4, 0.5) is 5.82 Å². The number of aromatic nitrogens is 5. The fraction of sp³-hybridized carbons (Fsp3) is 0.571. The van der Waals surface area contributed by atoms with E-state index in [0.717, 1.165) is 47.8 Å². The molecule has 2 aromatic heterocycles. The van der Waals surface area contributed by atoms with E-state index >= 15 is 0 Å². The molecule has 22 heavy (non-hydrogen) atoms. The van der Waals surface area contributed by atoms with E-state index in [4.69, 9.17) is 0 Å². The summed E-state index contributed by atoms with van der Waals surface area (Å²) in [5.41, 5.74) is 0. The van der Waals surface area contributed by atoms with Crippen molar-refractivity contribution in [1.82, 2.24) is 30.0 Å². The molecule has 0 amide bonds. The first-order valence-electron chi connectivity index (χ1n) is 7.42. The van der Waals surface area contributed by atoms with Crippen LogP contribution in [0.25, 0.3) is 0 Å². The van der Waals surface area contributed by atoms with Crippen molar-refractivity contribution in [3.05, 3.63) is 18.2 Å². The van der Waals surface area contributed by atoms with Crippen molar-refractivity contribution in [1.29, 1.82) is 0 Å². The first-order valence-corrected chi connectivity index (χ1v) is 8.24. The monoisotopic (exact) mass is 319 g/mol. The van der Waals surface area contributed by atoms with Crippen LogP contribution in [-0.4, -0.2) is 51.9 Å². The first kappa shape index (κ1) is 15.2. The lowest BCUT2D eigenvalue weighted by Crippen LogP contribution is -2.27. The molecule has 1 saturated heterocycles. The lowest BCUT2D eigenvalue weighted by Gasteiger charge is -2.21. The van der Waals surface area contributed by atoms with Crippen LogP contribution in [0.1, 0.15) is 24.6 Å². The normalized spacial score (nSPS) is 16.0. The lowest BCUT2D eigenvalue weighted by molar-refractivity contribution is 0.434. The minimum absolute atomic E-state index is 0.496. The summed E-state index contributed by atoms with van der Waals surface area (Å²) in [6.07, 6.45) is 3.83. The third-order valence-corrected chi connectivity index (χ3v) is 4.82. The van der Waals surface area contributed by atoms with Crippen LogP contribution in [0.5, 0.6) is 0 Å². The van der Waals surface area contributed by atoms with Crippen molar-refractivity contribution >= 4 is 17.6 Å². The van der Waals surface area contributed by atoms with Gasteiger partial charge in [0.1, 0.15) is 23.0 Å². The fourth-order valence-corrected chi connectivity index (χ4v) is 3.34. The highest BCUT2D eigenvalue weighted by Crippen LogP contribution is 2.29. The molecule has 0 bridgehead atoms. The summed E-state index contributed by atoms with van der Waals surface area (Å²) >= 11 is 1.53. The Balaban J connectivity index is 1.78. The van der Waals surface area contributed by atoms with Crippen molar-refractivity contribution in [2.75, 3.05) is 32.1 Å². The summed E-state index contributed by atoms with van der Waals surface area (Å²) in [7, 11) is 5.97. The summed E-state index contributed by atoms with van der Waals surface area (Å²) in [6, 6.07) is 1.96. The van der Waals surface area contributed by atoms with E-state index in [2.05, 4.69) is 30.0 Å². The van der Waals surface area contributed by atoms with Gasteiger partial charge in [0.2, 0.25) is 0 Å². The number of nitrogens with zero attached hydrogens (tertiary/aromatic N) is 6. The molecule has 1 N–H and O–H groups in total. The first-order chi connectivity index (χ1) is 10.6. The average Bonchev–Trinajstić information content (AvgIpc) is 2.89. The Morgan fingerprint density at radius 3 is 2.73 bits per heavy atom. The van der Waals surface area contributed by atoms with Gasteiger partial charge in [-0.15, -0.1) is 10.2 Å². The van der Waals surface area contributed by atoms with Gasteiger partial charge in [-0.05, 0) is 37.7 Å². The Labute approximate surface area is 134 Å². The Hall–Kier alpha value is -1.67. The molecule has 1 aliphatic heterocycles. The summed E-state index contributed by atoms with van der Waals surface area (Å²) in [5, 5.41) is 13.9. The zero-order valence-corrected chi connectivity index (χ0v) is 14.0. The molecule has 0 aliphatic carbocycles. The maximum atomic E-state index is 4.40. The number of piperidine rings is 1. The maximum absolute atomic E-state index is 4.40. The molecule has 0 radical (unpaired) electrons. The Morgan fingerprint density at radius 2 is 2.00 bits per heavy atom. The average molecular weight is 319 g/mol. The fourth-order valence-electron chi connectivity index (χ4n) is 2.57. The molecule has 8 heteroatoms. The van der Waals surface area contributed by atoms with Crippen molar-refractivity contribution in [3.63, 3.8) is 0 Å². The van der Waals surface area contributed by atoms with Gasteiger partial charge in [0.25, 0.3) is 0 Å². The Kier molecular flexibility index (Phi) is 4.58. The molecule has 1 aliphatic rings. The van der Waals surface area contributed by atoms with Crippen LogP contribution >= 0.6 is 11.8 Å². The molecule has 0 unspecified atom stereocenters. The number of anilines is 1. The highest BCUT2D eigenvalue weighted by molar-refractivity contribution is 7.99. The van der Waals surface area contributed by atoms with Crippen molar-refractivity contribution in [2.24, 2.45) is 7.05 Å². The van der Waals surface area contributed by atoms with E-state index < -0.39 is 0 Å². The van der Waals surface area contributed by atoms with Crippen LogP contribution in [0, 0.1) is 0 Å². The second-order valence-corrected chi connectivity index (χ2v) is 6.62. The van der Waals surface area contributed by atoms with Gasteiger partial charge in [-0.25, -0.2) is 9.97 Å². The smallest absolute Gasteiger partial charge is 0.197 e. The van der Waals surface area contributed by atoms with E-state index in [0.29, 0.717) is 5.92 Å². The van der Waals surface area contributed by atoms with E-state index in [9.17, 15) is 0 Å². The molecule has 2 aromatic rings. The van der Waals surface area contributed by atoms with Gasteiger partial charge in [-0.2, -0.15) is 0 Å². The molecule has 0 aromatic carbocycles. The third-order valence-electron chi connectivity index (χ3n) is 3.85. The third kappa shape index (κ3) is 3.22. The van der Waals surface area contributed by atoms with Gasteiger partial charge in [-0.3, -0.25) is 0 Å². The highest BCUT2D eigenvalue weighted by atomic mass is 32.2. The second kappa shape index (κ2) is 6.62. The number of hydrogen-bond acceptors (Lipinski definition) is 7. The molecular formula is C14H21N7S. The molecule has 0 atom stereocenters. The van der Waals surface area contributed by atoms with Gasteiger partial charge in [0.05, 0.1) is 0 Å². The maximum Gasteiger partial charge on any atom is 0.197 e. The highest BCUT2D eigenvalue weighted by Gasteiger charge is 2.22. The standard InChI is InChI=1S/C14H21N7S/c1-20(2)11-8-12(17-9-16-11)22-14-19-18-13(21(14)3)10-4-6-15-7-5-10/h8-10,15H,4-7H2,1-3H3. The van der Waals surface area contributed by atoms with Crippen molar-refractivity contribution in [3.8, 4) is 0 Å². The summed E-state index contributed by atoms with van der Waals surface area (Å²) in [4.78, 5) is 10.5. The zero-order valence-electron chi connectivity index (χ0n) is 13.2. The van der Waals surface area contributed by atoms with Gasteiger partial charge in [-0.1, -0.05) is 0 Å². The van der Waals surface area contributed by atoms with Crippen LogP contribution < -0.4 is 10.2 Å². The molecular weight excluding hydrogens is 298 g/mol. The molecule has 3 heterocycles. The van der Waals surface area contributed by atoms with Crippen LogP contribution in [0.15, 0.2) is 22.6 Å². The molecule has 118 valence electrons. The van der Waals surface area contributed by atoms with Gasteiger partial charge >= 0.3 is 0 Å². The van der Waals surface area contributed by atoms with Crippen molar-refractivity contribution < 1.29 is 0 Å². The second-order valence-electron chi connectivity index (χ2n) is 5.63. The van der Waals surface area contributed by atoms with E-state index in [1.165, 1.54) is 11.8 Å². The zero-order chi connectivity index (χ0) is 15.5. The SMILES string of the molecule is CN(C)c1cc(Sc2nnc(C3CCNCC3)n2C)ncn1. The lowest BCUT2D eigenvalue weighted by atomic mass is 9.97. The molecule has 3 rings (SSSR count). The van der Waals surface area contributed by atoms with Crippen LogP contribution in [0.3, 0.4) is 0 Å². The molecule has 0 spiro atoms. The Bertz CT molecular complexity index is 634. The minimum atomic E-state index is 0.496. The molecule has 0 saturated carbocycles. The molecule has 7 nitrogen and oxygen atoms in total. The quantitative estimate of drug-likeness (QED) is 0.851. The van der Waals surface area contributed by atoms with Crippen LogP contribution in [-0.2, 0) is 7.05 Å². The number of rotatable bonds is 4. The molecule has 1 fully saturated rings. The predicted molar refractivity (Wildman–Crippen MR) is 86.3 cm³/mol. The minimum Gasteiger partial charge on any atom is -0.363 e. The van der Waals surface area contributed by atoms with Crippen LogP contribution in [0.2, 0.25) is 0 Å². The Morgan fingerprint density at radius 1 is 1.23 bits per heavy atom. The van der Waals surface area contributed by atoms with Crippen molar-refractivity contribution in [2.45, 2.75) is 28.9 Å². The summed E-state index contributed by atoms with van der Waals surface area (Å²) in [5.74, 6) is 2.46. The van der Waals surface area contributed by atoms with Gasteiger partial charge in [0.15, 0.2) is 5.16 Å². The van der Waals surface area contributed by atoms with Gasteiger partial charge in [0, 0.05) is 33.1 Å². The number of hydrogen-bond donors (Lipinski definition) is 1. The topological polar surface area (TPSA) is 71.8 Å². The summed E-state index contributed by atoms with van der Waals surface area (Å²) < 4.78 is 2.10.